The Morgan fingerprint density at radius 1 is 0.565 bits per heavy atom. The number of hydrogen-bond donors (Lipinski definition) is 4. The molecule has 2 fully saturated rings. The van der Waals surface area contributed by atoms with Crippen molar-refractivity contribution in [3.63, 3.8) is 0 Å². The second kappa shape index (κ2) is 18.1. The Morgan fingerprint density at radius 2 is 0.919 bits per heavy atom. The highest BCUT2D eigenvalue weighted by Gasteiger charge is 2.42. The van der Waals surface area contributed by atoms with Crippen LogP contribution in [0.3, 0.4) is 0 Å². The zero-order valence-electron chi connectivity index (χ0n) is 34.8. The van der Waals surface area contributed by atoms with Crippen LogP contribution in [0.25, 0.3) is 33.6 Å². The molecule has 16 heteroatoms. The smallest absolute Gasteiger partial charge is 0.407 e. The van der Waals surface area contributed by atoms with Gasteiger partial charge in [0.15, 0.2) is 0 Å². The van der Waals surface area contributed by atoms with E-state index >= 15 is 0 Å². The summed E-state index contributed by atoms with van der Waals surface area (Å²) >= 11 is 0. The molecule has 0 bridgehead atoms. The lowest BCUT2D eigenvalue weighted by Crippen LogP contribution is -2.47. The maximum Gasteiger partial charge on any atom is 0.407 e. The first-order chi connectivity index (χ1) is 30.1. The Bertz CT molecular complexity index is 2340. The number of H-pyrrole nitrogens is 2. The number of hydrogen-bond acceptors (Lipinski definition) is 10. The molecule has 2 saturated heterocycles. The summed E-state index contributed by atoms with van der Waals surface area (Å²) < 4.78 is 9.68. The van der Waals surface area contributed by atoms with E-state index in [-0.39, 0.29) is 23.9 Å². The Balaban J connectivity index is 0.946. The van der Waals surface area contributed by atoms with Crippen LogP contribution in [-0.4, -0.2) is 105 Å². The largest absolute Gasteiger partial charge is 0.453 e. The van der Waals surface area contributed by atoms with Gasteiger partial charge in [-0.3, -0.25) is 19.6 Å². The van der Waals surface area contributed by atoms with Gasteiger partial charge in [-0.05, 0) is 46.2 Å². The Morgan fingerprint density at radius 3 is 1.27 bits per heavy atom. The molecule has 4 atom stereocenters. The molecule has 2 aliphatic heterocycles. The fourth-order valence-corrected chi connectivity index (χ4v) is 8.18. The van der Waals surface area contributed by atoms with Gasteiger partial charge in [0.05, 0.1) is 38.0 Å². The van der Waals surface area contributed by atoms with E-state index in [1.165, 1.54) is 14.2 Å². The number of carbonyl (C=O) groups excluding carboxylic acids is 4. The molecule has 4 aromatic carbocycles. The number of nitrogens with zero attached hydrogens (tertiary/aromatic N) is 6. The van der Waals surface area contributed by atoms with Crippen LogP contribution >= 0.6 is 0 Å². The lowest BCUT2D eigenvalue weighted by Gasteiger charge is -2.32. The molecular weight excluding hydrogens is 789 g/mol. The number of methoxy groups -OCH3 is 2. The summed E-state index contributed by atoms with van der Waals surface area (Å²) in [6.07, 6.45) is 3.48. The van der Waals surface area contributed by atoms with Crippen molar-refractivity contribution in [1.29, 1.82) is 0 Å². The zero-order chi connectivity index (χ0) is 43.3. The van der Waals surface area contributed by atoms with Crippen LogP contribution in [0.4, 0.5) is 9.59 Å². The van der Waals surface area contributed by atoms with Gasteiger partial charge in [0.1, 0.15) is 35.8 Å². The molecule has 0 spiro atoms. The number of nitrogens with one attached hydrogen (secondary N) is 4. The number of aromatic amines is 2. The molecule has 318 valence electrons. The van der Waals surface area contributed by atoms with Crippen molar-refractivity contribution in [3.05, 3.63) is 144 Å². The first-order valence-electron chi connectivity index (χ1n) is 20.3. The number of benzene rings is 4. The maximum absolute atomic E-state index is 14.1. The summed E-state index contributed by atoms with van der Waals surface area (Å²) in [5, 5.41) is 12.4. The van der Waals surface area contributed by atoms with E-state index in [4.69, 9.17) is 19.4 Å². The van der Waals surface area contributed by atoms with Gasteiger partial charge < -0.3 is 30.1 Å². The molecule has 0 saturated carbocycles. The fourth-order valence-electron chi connectivity index (χ4n) is 8.18. The molecule has 62 heavy (non-hydrogen) atoms. The summed E-state index contributed by atoms with van der Waals surface area (Å²) in [5.41, 5.74) is 6.86. The minimum absolute atomic E-state index is 0.295. The van der Waals surface area contributed by atoms with Crippen molar-refractivity contribution in [2.24, 2.45) is 0 Å². The second-order valence-electron chi connectivity index (χ2n) is 15.2. The molecule has 4 N–H and O–H groups in total. The number of ether oxygens (including phenoxy) is 2. The highest BCUT2D eigenvalue weighted by molar-refractivity contribution is 5.88. The summed E-state index contributed by atoms with van der Waals surface area (Å²) in [4.78, 5) is 69.0. The van der Waals surface area contributed by atoms with E-state index in [1.807, 2.05) is 84.8 Å². The first-order valence-corrected chi connectivity index (χ1v) is 20.3. The zero-order valence-corrected chi connectivity index (χ0v) is 34.8. The van der Waals surface area contributed by atoms with E-state index in [1.54, 1.807) is 46.7 Å². The van der Waals surface area contributed by atoms with Crippen molar-refractivity contribution in [2.75, 3.05) is 41.4 Å². The normalized spacial score (nSPS) is 17.7. The quantitative estimate of drug-likeness (QED) is 0.112. The molecule has 4 amide bonds. The van der Waals surface area contributed by atoms with Gasteiger partial charge in [-0.25, -0.2) is 29.6 Å². The number of carbonyl (C=O) groups is 4. The van der Waals surface area contributed by atoms with E-state index in [2.05, 4.69) is 44.9 Å². The lowest BCUT2D eigenvalue weighted by atomic mass is 10.0. The summed E-state index contributed by atoms with van der Waals surface area (Å²) in [5.74, 6) is 0.708. The average molecular weight is 837 g/mol. The van der Waals surface area contributed by atoms with Crippen LogP contribution in [0.15, 0.2) is 122 Å². The van der Waals surface area contributed by atoms with Crippen LogP contribution < -0.4 is 10.6 Å². The van der Waals surface area contributed by atoms with Crippen molar-refractivity contribution in [3.8, 4) is 33.6 Å². The standard InChI is InChI=1S/C46H48N10O6/c1-53-25-23-37(55(53)43(57)39(51-45(59)61-3)33-11-7-5-8-12-33)41-47-27-35(49-41)31-19-15-29(16-20-31)30-17-21-32(22-18-30)36-28-48-42(50-36)38-24-26-54(2)56(38)44(58)40(52-46(60)62-4)34-13-9-6-10-14-34/h5-22,27-28,37-40H,23-26H2,1-4H3,(H,47,49)(H,48,50)(H,51,59)(H,52,60)/t37-,38-,39+,40+/m0/s1. The number of rotatable bonds is 11. The van der Waals surface area contributed by atoms with Gasteiger partial charge in [0.2, 0.25) is 0 Å². The molecule has 4 heterocycles. The molecule has 6 aromatic rings. The number of aromatic nitrogens is 4. The third kappa shape index (κ3) is 8.50. The summed E-state index contributed by atoms with van der Waals surface area (Å²) in [6, 6.07) is 31.9. The molecule has 16 nitrogen and oxygen atoms in total. The summed E-state index contributed by atoms with van der Waals surface area (Å²) in [7, 11) is 6.24. The minimum Gasteiger partial charge on any atom is -0.453 e. The molecule has 0 radical (unpaired) electrons. The van der Waals surface area contributed by atoms with Crippen molar-refractivity contribution >= 4 is 24.0 Å². The third-order valence-electron chi connectivity index (χ3n) is 11.4. The van der Waals surface area contributed by atoms with Crippen LogP contribution in [0.1, 0.15) is 59.8 Å². The van der Waals surface area contributed by atoms with Crippen LogP contribution in [-0.2, 0) is 19.1 Å². The molecular formula is C46H48N10O6. The predicted octanol–water partition coefficient (Wildman–Crippen LogP) is 6.57. The van der Waals surface area contributed by atoms with E-state index in [0.717, 1.165) is 33.6 Å². The van der Waals surface area contributed by atoms with Gasteiger partial charge in [-0.15, -0.1) is 0 Å². The van der Waals surface area contributed by atoms with Crippen LogP contribution in [0.2, 0.25) is 0 Å². The van der Waals surface area contributed by atoms with Gasteiger partial charge >= 0.3 is 12.2 Å². The summed E-state index contributed by atoms with van der Waals surface area (Å²) in [6.45, 7) is 1.26. The van der Waals surface area contributed by atoms with Gasteiger partial charge in [-0.2, -0.15) is 0 Å². The Labute approximate surface area is 358 Å². The Hall–Kier alpha value is -7.30. The molecule has 2 aromatic heterocycles. The van der Waals surface area contributed by atoms with Crippen molar-refractivity contribution in [1.82, 2.24) is 50.6 Å². The maximum atomic E-state index is 14.1. The van der Waals surface area contributed by atoms with Crippen molar-refractivity contribution < 1.29 is 28.7 Å². The topological polar surface area (TPSA) is 181 Å². The predicted molar refractivity (Wildman–Crippen MR) is 230 cm³/mol. The van der Waals surface area contributed by atoms with Crippen molar-refractivity contribution in [2.45, 2.75) is 37.0 Å². The number of alkyl carbamates (subject to hydrolysis) is 2. The SMILES string of the molecule is COC(=O)N[C@@H](C(=O)N1[C@H](c2ncc(-c3ccc(-c4ccc(-c5cnc([C@@H]6CCN(C)N6C(=O)[C@H](NC(=O)OC)c6ccccc6)[nH]5)cc4)cc3)[nH]2)CCN1C)c1ccccc1. The highest BCUT2D eigenvalue weighted by atomic mass is 16.5. The molecule has 2 aliphatic rings. The molecule has 0 aliphatic carbocycles. The van der Waals surface area contributed by atoms with E-state index in [9.17, 15) is 19.2 Å². The fraction of sp³-hybridized carbons (Fsp3) is 0.261. The number of hydrazine groups is 2. The molecule has 8 rings (SSSR count). The van der Waals surface area contributed by atoms with E-state index in [0.29, 0.717) is 48.7 Å². The van der Waals surface area contributed by atoms with Gasteiger partial charge in [0.25, 0.3) is 11.8 Å². The average Bonchev–Trinajstić information content (AvgIpc) is 4.15. The van der Waals surface area contributed by atoms with Crippen LogP contribution in [0, 0.1) is 0 Å². The minimum atomic E-state index is -0.944. The highest BCUT2D eigenvalue weighted by Crippen LogP contribution is 2.36. The van der Waals surface area contributed by atoms with E-state index < -0.39 is 24.3 Å². The first kappa shape index (κ1) is 41.4. The van der Waals surface area contributed by atoms with Crippen LogP contribution in [0.5, 0.6) is 0 Å². The lowest BCUT2D eigenvalue weighted by molar-refractivity contribution is -0.149. The number of imidazole rings is 2. The second-order valence-corrected chi connectivity index (χ2v) is 15.2. The Kier molecular flexibility index (Phi) is 12.1. The monoisotopic (exact) mass is 836 g/mol. The molecule has 0 unspecified atom stereocenters. The van der Waals surface area contributed by atoms with Gasteiger partial charge in [-0.1, -0.05) is 109 Å². The van der Waals surface area contributed by atoms with Gasteiger partial charge in [0, 0.05) is 27.2 Å². The third-order valence-corrected chi connectivity index (χ3v) is 11.4. The number of amides is 4.